The van der Waals surface area contributed by atoms with Crippen LogP contribution in [-0.2, 0) is 16.1 Å². The lowest BCUT2D eigenvalue weighted by atomic mass is 9.93. The molecule has 6 nitrogen and oxygen atoms in total. The van der Waals surface area contributed by atoms with Crippen LogP contribution in [0.15, 0.2) is 63.8 Å². The van der Waals surface area contributed by atoms with Crippen molar-refractivity contribution in [2.75, 3.05) is 6.61 Å². The average Bonchev–Trinajstić information content (AvgIpc) is 3.21. The normalized spacial score (nSPS) is 15.9. The second-order valence-electron chi connectivity index (χ2n) is 6.36. The van der Waals surface area contributed by atoms with E-state index in [4.69, 9.17) is 9.15 Å². The van der Waals surface area contributed by atoms with Crippen LogP contribution in [0.4, 0.5) is 0 Å². The van der Waals surface area contributed by atoms with Crippen LogP contribution in [0.2, 0.25) is 0 Å². The Morgan fingerprint density at radius 2 is 1.93 bits per heavy atom. The zero-order chi connectivity index (χ0) is 20.1. The number of nitriles is 1. The summed E-state index contributed by atoms with van der Waals surface area (Å²) in [6.07, 6.45) is 4.07. The van der Waals surface area contributed by atoms with Gasteiger partial charge in [0.15, 0.2) is 0 Å². The van der Waals surface area contributed by atoms with Crippen LogP contribution < -0.4 is 4.74 Å². The van der Waals surface area contributed by atoms with Crippen molar-refractivity contribution < 1.29 is 18.7 Å². The molecule has 1 aromatic carbocycles. The van der Waals surface area contributed by atoms with Crippen molar-refractivity contribution in [3.05, 3.63) is 70.7 Å². The molecule has 1 aromatic heterocycles. The third-order valence-corrected chi connectivity index (χ3v) is 4.38. The summed E-state index contributed by atoms with van der Waals surface area (Å²) < 4.78 is 10.8. The van der Waals surface area contributed by atoms with Crippen molar-refractivity contribution in [3.63, 3.8) is 0 Å². The number of carbonyl (C=O) groups excluding carboxylic acids is 2. The average molecular weight is 376 g/mol. The fourth-order valence-electron chi connectivity index (χ4n) is 2.88. The molecule has 2 heterocycles. The van der Waals surface area contributed by atoms with Crippen LogP contribution in [0, 0.1) is 11.3 Å². The van der Waals surface area contributed by atoms with Gasteiger partial charge in [-0.05, 0) is 54.8 Å². The maximum Gasteiger partial charge on any atom is 0.272 e. The van der Waals surface area contributed by atoms with E-state index in [0.29, 0.717) is 23.5 Å². The fraction of sp³-hybridized carbons (Fsp3) is 0.227. The lowest BCUT2D eigenvalue weighted by Gasteiger charge is -2.26. The highest BCUT2D eigenvalue weighted by molar-refractivity contribution is 6.19. The third-order valence-electron chi connectivity index (χ3n) is 4.38. The predicted molar refractivity (Wildman–Crippen MR) is 103 cm³/mol. The maximum atomic E-state index is 13.0. The van der Waals surface area contributed by atoms with Crippen LogP contribution in [-0.4, -0.2) is 23.3 Å². The number of furan rings is 1. The number of hydrogen-bond acceptors (Lipinski definition) is 5. The standard InChI is InChI=1S/C22H20N2O4/c1-3-10-27-17-8-6-16(7-9-17)12-19-15(2)20(13-23)22(26)24(21(19)25)14-18-5-4-11-28-18/h4-9,11-12H,3,10,14H2,1-2H3/b19-12+. The Balaban J connectivity index is 1.94. The topological polar surface area (TPSA) is 83.5 Å². The first-order valence-electron chi connectivity index (χ1n) is 8.99. The molecular formula is C22H20N2O4. The van der Waals surface area contributed by atoms with Gasteiger partial charge in [0.25, 0.3) is 11.8 Å². The Labute approximate surface area is 163 Å². The first-order valence-corrected chi connectivity index (χ1v) is 8.99. The van der Waals surface area contributed by atoms with Gasteiger partial charge in [0, 0.05) is 5.57 Å². The van der Waals surface area contributed by atoms with Crippen molar-refractivity contribution in [1.29, 1.82) is 5.26 Å². The van der Waals surface area contributed by atoms with Gasteiger partial charge in [-0.2, -0.15) is 5.26 Å². The first kappa shape index (κ1) is 19.2. The van der Waals surface area contributed by atoms with Gasteiger partial charge in [-0.15, -0.1) is 0 Å². The van der Waals surface area contributed by atoms with Gasteiger partial charge in [-0.1, -0.05) is 19.1 Å². The van der Waals surface area contributed by atoms with Crippen molar-refractivity contribution >= 4 is 17.9 Å². The molecule has 6 heteroatoms. The van der Waals surface area contributed by atoms with E-state index >= 15 is 0 Å². The molecule has 0 aliphatic carbocycles. The largest absolute Gasteiger partial charge is 0.494 e. The number of nitrogens with zero attached hydrogens (tertiary/aromatic N) is 2. The van der Waals surface area contributed by atoms with E-state index in [2.05, 4.69) is 0 Å². The molecular weight excluding hydrogens is 356 g/mol. The SMILES string of the molecule is CCCOc1ccc(/C=C2/C(=O)N(Cc3ccco3)C(=O)C(C#N)=C2C)cc1. The Hall–Kier alpha value is -3.59. The summed E-state index contributed by atoms with van der Waals surface area (Å²) in [6.45, 7) is 4.26. The number of carbonyl (C=O) groups is 2. The quantitative estimate of drug-likeness (QED) is 0.565. The van der Waals surface area contributed by atoms with Crippen molar-refractivity contribution in [1.82, 2.24) is 4.90 Å². The van der Waals surface area contributed by atoms with E-state index in [1.54, 1.807) is 25.1 Å². The maximum absolute atomic E-state index is 13.0. The molecule has 0 radical (unpaired) electrons. The van der Waals surface area contributed by atoms with Crippen LogP contribution in [0.5, 0.6) is 5.75 Å². The van der Waals surface area contributed by atoms with E-state index in [9.17, 15) is 14.9 Å². The van der Waals surface area contributed by atoms with Crippen LogP contribution >= 0.6 is 0 Å². The lowest BCUT2D eigenvalue weighted by Crippen LogP contribution is -2.42. The number of ether oxygens (including phenoxy) is 1. The van der Waals surface area contributed by atoms with Crippen molar-refractivity contribution in [2.45, 2.75) is 26.8 Å². The monoisotopic (exact) mass is 376 g/mol. The Morgan fingerprint density at radius 3 is 2.54 bits per heavy atom. The number of amides is 2. The van der Waals surface area contributed by atoms with E-state index in [0.717, 1.165) is 22.6 Å². The molecule has 0 atom stereocenters. The summed E-state index contributed by atoms with van der Waals surface area (Å²) in [7, 11) is 0. The van der Waals surface area contributed by atoms with Gasteiger partial charge >= 0.3 is 0 Å². The van der Waals surface area contributed by atoms with Crippen LogP contribution in [0.3, 0.4) is 0 Å². The summed E-state index contributed by atoms with van der Waals surface area (Å²) in [4.78, 5) is 26.6. The van der Waals surface area contributed by atoms with Crippen molar-refractivity contribution in [2.24, 2.45) is 0 Å². The smallest absolute Gasteiger partial charge is 0.272 e. The zero-order valence-corrected chi connectivity index (χ0v) is 15.8. The summed E-state index contributed by atoms with van der Waals surface area (Å²) in [5.74, 6) is 0.153. The van der Waals surface area contributed by atoms with Crippen LogP contribution in [0.25, 0.3) is 6.08 Å². The highest BCUT2D eigenvalue weighted by atomic mass is 16.5. The van der Waals surface area contributed by atoms with Crippen molar-refractivity contribution in [3.8, 4) is 11.8 Å². The highest BCUT2D eigenvalue weighted by Crippen LogP contribution is 2.28. The molecule has 2 amide bonds. The van der Waals surface area contributed by atoms with Gasteiger partial charge in [0.1, 0.15) is 23.2 Å². The molecule has 0 fully saturated rings. The molecule has 0 unspecified atom stereocenters. The molecule has 0 N–H and O–H groups in total. The van der Waals surface area contributed by atoms with Gasteiger partial charge in [-0.25, -0.2) is 0 Å². The Morgan fingerprint density at radius 1 is 1.18 bits per heavy atom. The molecule has 3 rings (SSSR count). The number of imide groups is 1. The number of rotatable bonds is 6. The third kappa shape index (κ3) is 3.89. The van der Waals surface area contributed by atoms with E-state index < -0.39 is 11.8 Å². The van der Waals surface area contributed by atoms with Gasteiger partial charge < -0.3 is 9.15 Å². The molecule has 1 aliphatic heterocycles. The molecule has 1 aliphatic rings. The van der Waals surface area contributed by atoms with Gasteiger partial charge in [-0.3, -0.25) is 14.5 Å². The summed E-state index contributed by atoms with van der Waals surface area (Å²) in [6, 6.07) is 12.6. The fourth-order valence-corrected chi connectivity index (χ4v) is 2.88. The van der Waals surface area contributed by atoms with Gasteiger partial charge in [0.05, 0.1) is 19.4 Å². The Kier molecular flexibility index (Phi) is 5.75. The first-order chi connectivity index (χ1) is 13.5. The summed E-state index contributed by atoms with van der Waals surface area (Å²) in [5.41, 5.74) is 1.42. The minimum atomic E-state index is -0.609. The molecule has 28 heavy (non-hydrogen) atoms. The second-order valence-corrected chi connectivity index (χ2v) is 6.36. The minimum Gasteiger partial charge on any atom is -0.494 e. The number of hydrogen-bond donors (Lipinski definition) is 0. The molecule has 0 spiro atoms. The predicted octanol–water partition coefficient (Wildman–Crippen LogP) is 3.86. The Bertz CT molecular complexity index is 977. The molecule has 142 valence electrons. The van der Waals surface area contributed by atoms with Crippen LogP contribution in [0.1, 0.15) is 31.6 Å². The van der Waals surface area contributed by atoms with E-state index in [1.165, 1.54) is 6.26 Å². The lowest BCUT2D eigenvalue weighted by molar-refractivity contribution is -0.141. The molecule has 0 saturated heterocycles. The summed E-state index contributed by atoms with van der Waals surface area (Å²) in [5, 5.41) is 9.43. The molecule has 2 aromatic rings. The molecule has 0 saturated carbocycles. The van der Waals surface area contributed by atoms with E-state index in [-0.39, 0.29) is 12.1 Å². The zero-order valence-electron chi connectivity index (χ0n) is 15.8. The van der Waals surface area contributed by atoms with E-state index in [1.807, 2.05) is 37.3 Å². The highest BCUT2D eigenvalue weighted by Gasteiger charge is 2.35. The summed E-state index contributed by atoms with van der Waals surface area (Å²) >= 11 is 0. The molecule has 0 bridgehead atoms. The van der Waals surface area contributed by atoms with Gasteiger partial charge in [0.2, 0.25) is 0 Å². The second kappa shape index (κ2) is 8.40. The minimum absolute atomic E-state index is 0.0235. The number of benzene rings is 1.